The lowest BCUT2D eigenvalue weighted by Crippen LogP contribution is -2.40. The van der Waals surface area contributed by atoms with Gasteiger partial charge in [-0.1, -0.05) is 32.9 Å². The van der Waals surface area contributed by atoms with Crippen LogP contribution < -0.4 is 5.32 Å². The highest BCUT2D eigenvalue weighted by molar-refractivity contribution is 5.68. The minimum Gasteiger partial charge on any atom is -0.444 e. The quantitative estimate of drug-likeness (QED) is 0.491. The fourth-order valence-corrected chi connectivity index (χ4v) is 3.36. The average Bonchev–Trinajstić information content (AvgIpc) is 3.08. The number of amides is 1. The Morgan fingerprint density at radius 2 is 1.71 bits per heavy atom. The van der Waals surface area contributed by atoms with Crippen LogP contribution >= 0.6 is 0 Å². The Balaban J connectivity index is 2.10. The maximum absolute atomic E-state index is 14.7. The van der Waals surface area contributed by atoms with Gasteiger partial charge in [-0.2, -0.15) is 5.10 Å². The van der Waals surface area contributed by atoms with Crippen molar-refractivity contribution in [3.63, 3.8) is 0 Å². The van der Waals surface area contributed by atoms with Gasteiger partial charge in [-0.05, 0) is 62.1 Å². The molecule has 2 aromatic carbocycles. The molecule has 0 aliphatic carbocycles. The first-order chi connectivity index (χ1) is 15.7. The number of carbonyl (C=O) groups is 1. The number of hydrogen-bond acceptors (Lipinski definition) is 4. The van der Waals surface area contributed by atoms with E-state index in [-0.39, 0.29) is 23.8 Å². The molecule has 1 heterocycles. The Morgan fingerprint density at radius 3 is 2.32 bits per heavy atom. The topological polar surface area (TPSA) is 69.0 Å². The van der Waals surface area contributed by atoms with Crippen molar-refractivity contribution in [2.75, 3.05) is 0 Å². The molecule has 1 N–H and O–H groups in total. The van der Waals surface area contributed by atoms with Gasteiger partial charge in [0.2, 0.25) is 0 Å². The Kier molecular flexibility index (Phi) is 7.05. The van der Waals surface area contributed by atoms with Crippen molar-refractivity contribution in [2.45, 2.75) is 59.7 Å². The van der Waals surface area contributed by atoms with Crippen molar-refractivity contribution >= 4 is 6.09 Å². The third-order valence-electron chi connectivity index (χ3n) is 4.86. The minimum atomic E-state index is -0.716. The zero-order valence-electron chi connectivity index (χ0n) is 20.1. The van der Waals surface area contributed by atoms with Crippen LogP contribution in [0.5, 0.6) is 0 Å². The van der Waals surface area contributed by atoms with Crippen LogP contribution in [0.15, 0.2) is 42.5 Å². The summed E-state index contributed by atoms with van der Waals surface area (Å²) in [6.45, 7) is 10.9. The molecule has 0 saturated heterocycles. The third kappa shape index (κ3) is 6.36. The van der Waals surface area contributed by atoms with Crippen LogP contribution in [0.3, 0.4) is 0 Å². The summed E-state index contributed by atoms with van der Waals surface area (Å²) in [7, 11) is 0. The third-order valence-corrected chi connectivity index (χ3v) is 4.86. The molecule has 0 aliphatic rings. The Bertz CT molecular complexity index is 1180. The first-order valence-electron chi connectivity index (χ1n) is 10.9. The van der Waals surface area contributed by atoms with Gasteiger partial charge >= 0.3 is 6.09 Å². The SMILES string of the molecule is CC(C)(C)OC(=O)N[C@@H](c1nc(-c2cc(F)ccc2F)n(Cc2cccc(F)c2)n1)C(C)(C)C. The summed E-state index contributed by atoms with van der Waals surface area (Å²) in [6.07, 6.45) is -0.660. The van der Waals surface area contributed by atoms with Crippen LogP contribution in [0.1, 0.15) is 59.0 Å². The summed E-state index contributed by atoms with van der Waals surface area (Å²) in [5, 5.41) is 7.32. The smallest absolute Gasteiger partial charge is 0.408 e. The van der Waals surface area contributed by atoms with Crippen LogP contribution in [-0.4, -0.2) is 26.5 Å². The van der Waals surface area contributed by atoms with E-state index in [4.69, 9.17) is 4.74 Å². The fraction of sp³-hybridized carbons (Fsp3) is 0.400. The Morgan fingerprint density at radius 1 is 1.03 bits per heavy atom. The number of nitrogens with zero attached hydrogens (tertiary/aromatic N) is 3. The van der Waals surface area contributed by atoms with E-state index in [9.17, 15) is 18.0 Å². The van der Waals surface area contributed by atoms with Gasteiger partial charge in [-0.25, -0.2) is 27.6 Å². The molecule has 0 unspecified atom stereocenters. The predicted octanol–water partition coefficient (Wildman–Crippen LogP) is 6.02. The number of benzene rings is 2. The van der Waals surface area contributed by atoms with E-state index in [0.717, 1.165) is 18.2 Å². The largest absolute Gasteiger partial charge is 0.444 e. The molecule has 0 spiro atoms. The van der Waals surface area contributed by atoms with Crippen LogP contribution in [0.4, 0.5) is 18.0 Å². The van der Waals surface area contributed by atoms with Crippen molar-refractivity contribution in [1.29, 1.82) is 0 Å². The fourth-order valence-electron chi connectivity index (χ4n) is 3.36. The zero-order valence-corrected chi connectivity index (χ0v) is 20.1. The van der Waals surface area contributed by atoms with E-state index >= 15 is 0 Å². The average molecular weight is 475 g/mol. The van der Waals surface area contributed by atoms with Crippen molar-refractivity contribution < 1.29 is 22.7 Å². The number of nitrogens with one attached hydrogen (secondary N) is 1. The van der Waals surface area contributed by atoms with Gasteiger partial charge in [0.25, 0.3) is 0 Å². The normalized spacial score (nSPS) is 13.0. The maximum Gasteiger partial charge on any atom is 0.408 e. The van der Waals surface area contributed by atoms with Gasteiger partial charge in [0, 0.05) is 0 Å². The monoisotopic (exact) mass is 474 g/mol. The Hall–Kier alpha value is -3.36. The van der Waals surface area contributed by atoms with Gasteiger partial charge in [0.05, 0.1) is 18.2 Å². The number of aromatic nitrogens is 3. The summed E-state index contributed by atoms with van der Waals surface area (Å²) in [5.41, 5.74) is -0.811. The molecule has 3 aromatic rings. The molecule has 34 heavy (non-hydrogen) atoms. The predicted molar refractivity (Wildman–Crippen MR) is 122 cm³/mol. The second-order valence-electron chi connectivity index (χ2n) is 10.2. The standard InChI is InChI=1S/C25H29F3N4O2/c1-24(2,3)20(29-23(33)34-25(4,5)6)21-30-22(18-13-17(27)10-11-19(18)28)32(31-21)14-15-8-7-9-16(26)12-15/h7-13,20H,14H2,1-6H3,(H,29,33)/t20-/m0/s1. The van der Waals surface area contributed by atoms with E-state index in [2.05, 4.69) is 15.4 Å². The van der Waals surface area contributed by atoms with Crippen molar-refractivity contribution in [3.8, 4) is 11.4 Å². The van der Waals surface area contributed by atoms with Gasteiger partial charge in [-0.3, -0.25) is 0 Å². The molecule has 1 amide bonds. The highest BCUT2D eigenvalue weighted by atomic mass is 19.1. The molecule has 0 fully saturated rings. The Labute approximate surface area is 197 Å². The molecule has 0 bridgehead atoms. The lowest BCUT2D eigenvalue weighted by atomic mass is 9.86. The molecule has 0 radical (unpaired) electrons. The first kappa shape index (κ1) is 25.3. The molecule has 1 aromatic heterocycles. The maximum atomic E-state index is 14.7. The van der Waals surface area contributed by atoms with Gasteiger partial charge < -0.3 is 10.1 Å². The van der Waals surface area contributed by atoms with E-state index in [1.54, 1.807) is 32.9 Å². The van der Waals surface area contributed by atoms with E-state index in [1.807, 2.05) is 20.8 Å². The zero-order chi connectivity index (χ0) is 25.3. The number of rotatable bonds is 5. The minimum absolute atomic E-state index is 0.0523. The lowest BCUT2D eigenvalue weighted by Gasteiger charge is -2.30. The summed E-state index contributed by atoms with van der Waals surface area (Å²) in [6, 6.07) is 8.20. The van der Waals surface area contributed by atoms with Crippen molar-refractivity contribution in [2.24, 2.45) is 5.41 Å². The summed E-state index contributed by atoms with van der Waals surface area (Å²) in [5.74, 6) is -1.52. The van der Waals surface area contributed by atoms with Gasteiger partial charge in [0.15, 0.2) is 11.6 Å². The number of hydrogen-bond donors (Lipinski definition) is 1. The number of alkyl carbamates (subject to hydrolysis) is 1. The van der Waals surface area contributed by atoms with E-state index < -0.39 is 40.6 Å². The molecule has 3 rings (SSSR count). The van der Waals surface area contributed by atoms with Crippen LogP contribution in [-0.2, 0) is 11.3 Å². The molecular formula is C25H29F3N4O2. The number of halogens is 3. The highest BCUT2D eigenvalue weighted by Crippen LogP contribution is 2.33. The molecule has 1 atom stereocenters. The van der Waals surface area contributed by atoms with Crippen molar-refractivity contribution in [3.05, 3.63) is 71.3 Å². The van der Waals surface area contributed by atoms with Crippen LogP contribution in [0.2, 0.25) is 0 Å². The number of ether oxygens (including phenoxy) is 1. The van der Waals surface area contributed by atoms with Gasteiger partial charge in [-0.15, -0.1) is 0 Å². The van der Waals surface area contributed by atoms with E-state index in [1.165, 1.54) is 16.8 Å². The molecule has 0 aliphatic heterocycles. The van der Waals surface area contributed by atoms with Gasteiger partial charge in [0.1, 0.15) is 23.1 Å². The lowest BCUT2D eigenvalue weighted by molar-refractivity contribution is 0.0458. The summed E-state index contributed by atoms with van der Waals surface area (Å²) >= 11 is 0. The van der Waals surface area contributed by atoms with Crippen LogP contribution in [0, 0.1) is 22.9 Å². The highest BCUT2D eigenvalue weighted by Gasteiger charge is 2.34. The second kappa shape index (κ2) is 9.48. The summed E-state index contributed by atoms with van der Waals surface area (Å²) < 4.78 is 49.2. The van der Waals surface area contributed by atoms with Crippen molar-refractivity contribution in [1.82, 2.24) is 20.1 Å². The molecule has 182 valence electrons. The first-order valence-corrected chi connectivity index (χ1v) is 10.9. The van der Waals surface area contributed by atoms with E-state index in [0.29, 0.717) is 5.56 Å². The van der Waals surface area contributed by atoms with Crippen LogP contribution in [0.25, 0.3) is 11.4 Å². The molecule has 0 saturated carbocycles. The second-order valence-corrected chi connectivity index (χ2v) is 10.2. The molecular weight excluding hydrogens is 445 g/mol. The number of carbonyl (C=O) groups excluding carboxylic acids is 1. The summed E-state index contributed by atoms with van der Waals surface area (Å²) in [4.78, 5) is 17.0. The molecule has 6 nitrogen and oxygen atoms in total. The molecule has 9 heteroatoms.